The fraction of sp³-hybridized carbons (Fsp3) is 0.450. The van der Waals surface area contributed by atoms with Gasteiger partial charge < -0.3 is 15.0 Å². The van der Waals surface area contributed by atoms with E-state index in [-0.39, 0.29) is 19.1 Å². The van der Waals surface area contributed by atoms with Crippen LogP contribution in [0.4, 0.5) is 5.69 Å². The number of hydrogen-bond donors (Lipinski definition) is 1. The van der Waals surface area contributed by atoms with Crippen LogP contribution in [0.25, 0.3) is 10.9 Å². The Bertz CT molecular complexity index is 856. The standard InChI is InChI=1S/C20H24ClN3O3/c1-3-27-20(26)16-10-22-17-7-6-14(21)9-15(17)19(16)23-11-18(25)24-8-4-5-13(2)12-24/h6-7,9-10,13H,3-5,8,11-12H2,1-2H3,(H,22,23). The second-order valence-corrected chi connectivity index (χ2v) is 7.31. The average molecular weight is 390 g/mol. The summed E-state index contributed by atoms with van der Waals surface area (Å²) in [6, 6.07) is 5.26. The van der Waals surface area contributed by atoms with Crippen molar-refractivity contribution in [3.05, 3.63) is 35.0 Å². The molecule has 2 heterocycles. The molecule has 27 heavy (non-hydrogen) atoms. The van der Waals surface area contributed by atoms with E-state index in [1.165, 1.54) is 6.20 Å². The van der Waals surface area contributed by atoms with Gasteiger partial charge in [0, 0.05) is 29.7 Å². The Morgan fingerprint density at radius 2 is 2.22 bits per heavy atom. The highest BCUT2D eigenvalue weighted by molar-refractivity contribution is 6.31. The maximum Gasteiger partial charge on any atom is 0.341 e. The monoisotopic (exact) mass is 389 g/mol. The molecule has 1 saturated heterocycles. The number of pyridine rings is 1. The number of rotatable bonds is 5. The van der Waals surface area contributed by atoms with Crippen molar-refractivity contribution < 1.29 is 14.3 Å². The molecule has 3 rings (SSSR count). The molecule has 1 aromatic carbocycles. The number of likely N-dealkylation sites (tertiary alicyclic amines) is 1. The molecule has 1 amide bonds. The number of amides is 1. The number of fused-ring (bicyclic) bond motifs is 1. The van der Waals surface area contributed by atoms with Crippen molar-refractivity contribution in [2.45, 2.75) is 26.7 Å². The van der Waals surface area contributed by atoms with Gasteiger partial charge in [-0.3, -0.25) is 9.78 Å². The molecule has 7 heteroatoms. The topological polar surface area (TPSA) is 71.5 Å². The molecule has 1 aliphatic heterocycles. The van der Waals surface area contributed by atoms with Gasteiger partial charge in [-0.05, 0) is 43.9 Å². The highest BCUT2D eigenvalue weighted by Gasteiger charge is 2.22. The normalized spacial score (nSPS) is 17.0. The van der Waals surface area contributed by atoms with Gasteiger partial charge in [0.1, 0.15) is 5.56 Å². The number of hydrogen-bond acceptors (Lipinski definition) is 5. The maximum absolute atomic E-state index is 12.6. The fourth-order valence-corrected chi connectivity index (χ4v) is 3.58. The summed E-state index contributed by atoms with van der Waals surface area (Å²) in [5, 5.41) is 4.36. The first-order valence-electron chi connectivity index (χ1n) is 9.26. The molecular formula is C20H24ClN3O3. The second kappa shape index (κ2) is 8.57. The van der Waals surface area contributed by atoms with E-state index < -0.39 is 5.97 Å². The van der Waals surface area contributed by atoms with Crippen LogP contribution >= 0.6 is 11.6 Å². The maximum atomic E-state index is 12.6. The third-order valence-corrected chi connectivity index (χ3v) is 4.99. The average Bonchev–Trinajstić information content (AvgIpc) is 2.65. The lowest BCUT2D eigenvalue weighted by Gasteiger charge is -2.31. The quantitative estimate of drug-likeness (QED) is 0.789. The lowest BCUT2D eigenvalue weighted by molar-refractivity contribution is -0.130. The third-order valence-electron chi connectivity index (χ3n) is 4.75. The number of anilines is 1. The van der Waals surface area contributed by atoms with Crippen molar-refractivity contribution in [2.24, 2.45) is 5.92 Å². The minimum atomic E-state index is -0.478. The number of aromatic nitrogens is 1. The zero-order valence-electron chi connectivity index (χ0n) is 15.6. The summed E-state index contributed by atoms with van der Waals surface area (Å²) >= 11 is 6.14. The summed E-state index contributed by atoms with van der Waals surface area (Å²) in [7, 11) is 0. The molecule has 0 aliphatic carbocycles. The van der Waals surface area contributed by atoms with Crippen molar-refractivity contribution in [1.29, 1.82) is 0 Å². The SMILES string of the molecule is CCOC(=O)c1cnc2ccc(Cl)cc2c1NCC(=O)N1CCCC(C)C1. The fourth-order valence-electron chi connectivity index (χ4n) is 3.41. The minimum Gasteiger partial charge on any atom is -0.462 e. The number of benzene rings is 1. The van der Waals surface area contributed by atoms with E-state index in [9.17, 15) is 9.59 Å². The molecule has 0 bridgehead atoms. The molecule has 2 aromatic rings. The van der Waals surface area contributed by atoms with Crippen LogP contribution in [0.15, 0.2) is 24.4 Å². The number of halogens is 1. The molecule has 0 saturated carbocycles. The number of nitrogens with zero attached hydrogens (tertiary/aromatic N) is 2. The van der Waals surface area contributed by atoms with E-state index in [0.717, 1.165) is 25.9 Å². The summed E-state index contributed by atoms with van der Waals surface area (Å²) < 4.78 is 5.14. The van der Waals surface area contributed by atoms with E-state index in [1.54, 1.807) is 25.1 Å². The van der Waals surface area contributed by atoms with Gasteiger partial charge in [0.05, 0.1) is 24.4 Å². The zero-order chi connectivity index (χ0) is 19.4. The van der Waals surface area contributed by atoms with Crippen LogP contribution in [-0.4, -0.2) is 48.0 Å². The van der Waals surface area contributed by atoms with Crippen LogP contribution in [0, 0.1) is 5.92 Å². The summed E-state index contributed by atoms with van der Waals surface area (Å²) in [4.78, 5) is 31.2. The Hall–Kier alpha value is -2.34. The van der Waals surface area contributed by atoms with Crippen LogP contribution in [-0.2, 0) is 9.53 Å². The summed E-state index contributed by atoms with van der Waals surface area (Å²) in [6.45, 7) is 5.81. The number of ether oxygens (including phenoxy) is 1. The van der Waals surface area contributed by atoms with Crippen LogP contribution < -0.4 is 5.32 Å². The number of carbonyl (C=O) groups excluding carboxylic acids is 2. The summed E-state index contributed by atoms with van der Waals surface area (Å²) in [6.07, 6.45) is 3.65. The molecule has 144 valence electrons. The Morgan fingerprint density at radius 1 is 1.41 bits per heavy atom. The van der Waals surface area contributed by atoms with Crippen molar-refractivity contribution in [3.63, 3.8) is 0 Å². The van der Waals surface area contributed by atoms with Crippen LogP contribution in [0.3, 0.4) is 0 Å². The lowest BCUT2D eigenvalue weighted by atomic mass is 10.0. The van der Waals surface area contributed by atoms with Gasteiger partial charge in [-0.1, -0.05) is 18.5 Å². The lowest BCUT2D eigenvalue weighted by Crippen LogP contribution is -2.42. The molecule has 0 radical (unpaired) electrons. The van der Waals surface area contributed by atoms with Gasteiger partial charge >= 0.3 is 5.97 Å². The third kappa shape index (κ3) is 4.50. The van der Waals surface area contributed by atoms with E-state index in [2.05, 4.69) is 17.2 Å². The van der Waals surface area contributed by atoms with Crippen molar-refractivity contribution in [2.75, 3.05) is 31.6 Å². The van der Waals surface area contributed by atoms with Crippen LogP contribution in [0.1, 0.15) is 37.0 Å². The smallest absolute Gasteiger partial charge is 0.341 e. The van der Waals surface area contributed by atoms with Crippen LogP contribution in [0.2, 0.25) is 5.02 Å². The van der Waals surface area contributed by atoms with Gasteiger partial charge in [-0.25, -0.2) is 4.79 Å². The Kier molecular flexibility index (Phi) is 6.16. The molecule has 1 aliphatic rings. The predicted octanol–water partition coefficient (Wildman–Crippen LogP) is 3.74. The van der Waals surface area contributed by atoms with E-state index in [4.69, 9.17) is 16.3 Å². The molecule has 1 unspecified atom stereocenters. The van der Waals surface area contributed by atoms with Gasteiger partial charge in [-0.2, -0.15) is 0 Å². The number of nitrogens with one attached hydrogen (secondary N) is 1. The molecule has 6 nitrogen and oxygen atoms in total. The number of carbonyl (C=O) groups is 2. The molecule has 1 N–H and O–H groups in total. The van der Waals surface area contributed by atoms with Gasteiger partial charge in [0.25, 0.3) is 0 Å². The molecule has 1 atom stereocenters. The van der Waals surface area contributed by atoms with Gasteiger partial charge in [-0.15, -0.1) is 0 Å². The Morgan fingerprint density at radius 3 is 2.96 bits per heavy atom. The van der Waals surface area contributed by atoms with Gasteiger partial charge in [0.2, 0.25) is 5.91 Å². The van der Waals surface area contributed by atoms with E-state index in [0.29, 0.717) is 33.1 Å². The van der Waals surface area contributed by atoms with Crippen molar-refractivity contribution >= 4 is 40.1 Å². The molecular weight excluding hydrogens is 366 g/mol. The Balaban J connectivity index is 1.88. The van der Waals surface area contributed by atoms with Gasteiger partial charge in [0.15, 0.2) is 0 Å². The summed E-state index contributed by atoms with van der Waals surface area (Å²) in [5.41, 5.74) is 1.51. The Labute approximate surface area is 163 Å². The van der Waals surface area contributed by atoms with E-state index >= 15 is 0 Å². The van der Waals surface area contributed by atoms with E-state index in [1.807, 2.05) is 4.90 Å². The number of piperidine rings is 1. The highest BCUT2D eigenvalue weighted by Crippen LogP contribution is 2.29. The first kappa shape index (κ1) is 19.4. The molecule has 1 aromatic heterocycles. The van der Waals surface area contributed by atoms with Crippen molar-refractivity contribution in [3.8, 4) is 0 Å². The molecule has 0 spiro atoms. The first-order valence-corrected chi connectivity index (χ1v) is 9.64. The second-order valence-electron chi connectivity index (χ2n) is 6.87. The van der Waals surface area contributed by atoms with Crippen LogP contribution in [0.5, 0.6) is 0 Å². The minimum absolute atomic E-state index is 0.0170. The molecule has 1 fully saturated rings. The van der Waals surface area contributed by atoms with Crippen molar-refractivity contribution in [1.82, 2.24) is 9.88 Å². The predicted molar refractivity (Wildman–Crippen MR) is 106 cm³/mol. The largest absolute Gasteiger partial charge is 0.462 e. The number of esters is 1. The highest BCUT2D eigenvalue weighted by atomic mass is 35.5. The first-order chi connectivity index (χ1) is 13.0. The zero-order valence-corrected chi connectivity index (χ0v) is 16.4. The summed E-state index contributed by atoms with van der Waals surface area (Å²) in [5.74, 6) is 0.0510.